The summed E-state index contributed by atoms with van der Waals surface area (Å²) < 4.78 is 0. The zero-order valence-electron chi connectivity index (χ0n) is 10.1. The minimum absolute atomic E-state index is 0.0901. The van der Waals surface area contributed by atoms with Gasteiger partial charge in [-0.1, -0.05) is 27.7 Å². The molecule has 1 saturated heterocycles. The molecule has 0 bridgehead atoms. The Hall–Kier alpha value is -0.610. The maximum atomic E-state index is 11.7. The molecule has 0 aromatic heterocycles. The van der Waals surface area contributed by atoms with Crippen LogP contribution in [0.4, 0.5) is 0 Å². The third-order valence-corrected chi connectivity index (χ3v) is 2.84. The van der Waals surface area contributed by atoms with Crippen molar-refractivity contribution in [2.24, 2.45) is 11.3 Å². The molecule has 1 aliphatic rings. The van der Waals surface area contributed by atoms with E-state index in [2.05, 4.69) is 26.2 Å². The van der Waals surface area contributed by atoms with E-state index in [1.54, 1.807) is 5.01 Å². The van der Waals surface area contributed by atoms with Gasteiger partial charge >= 0.3 is 0 Å². The van der Waals surface area contributed by atoms with E-state index in [0.717, 1.165) is 0 Å². The van der Waals surface area contributed by atoms with Crippen molar-refractivity contribution >= 4 is 5.91 Å². The summed E-state index contributed by atoms with van der Waals surface area (Å²) in [6.07, 6.45) is 0.557. The molecule has 0 aromatic rings. The van der Waals surface area contributed by atoms with Gasteiger partial charge in [-0.15, -0.1) is 0 Å². The van der Waals surface area contributed by atoms with Crippen LogP contribution in [0, 0.1) is 11.3 Å². The smallest absolute Gasteiger partial charge is 0.238 e. The predicted octanol–water partition coefficient (Wildman–Crippen LogP) is 0.766. The predicted molar refractivity (Wildman–Crippen MR) is 59.0 cm³/mol. The number of nitrogens with zero attached hydrogens (tertiary/aromatic N) is 1. The lowest BCUT2D eigenvalue weighted by molar-refractivity contribution is -0.130. The van der Waals surface area contributed by atoms with Crippen LogP contribution in [0.25, 0.3) is 0 Å². The number of hydrogen-bond donors (Lipinski definition) is 2. The number of carbonyl (C=O) groups is 1. The highest BCUT2D eigenvalue weighted by molar-refractivity contribution is 5.78. The number of rotatable bonds is 3. The molecule has 0 radical (unpaired) electrons. The van der Waals surface area contributed by atoms with E-state index < -0.39 is 0 Å². The van der Waals surface area contributed by atoms with Gasteiger partial charge in [0.1, 0.15) is 0 Å². The third kappa shape index (κ3) is 3.18. The van der Waals surface area contributed by atoms with Gasteiger partial charge in [-0.05, 0) is 11.3 Å². The molecule has 4 nitrogen and oxygen atoms in total. The highest BCUT2D eigenvalue weighted by atomic mass is 16.3. The molecule has 2 unspecified atom stereocenters. The van der Waals surface area contributed by atoms with Crippen molar-refractivity contribution in [1.29, 1.82) is 0 Å². The van der Waals surface area contributed by atoms with E-state index in [-0.39, 0.29) is 29.9 Å². The van der Waals surface area contributed by atoms with E-state index in [4.69, 9.17) is 5.11 Å². The van der Waals surface area contributed by atoms with Crippen molar-refractivity contribution in [2.45, 2.75) is 40.2 Å². The Morgan fingerprint density at radius 2 is 2.20 bits per heavy atom. The lowest BCUT2D eigenvalue weighted by atomic mass is 9.86. The van der Waals surface area contributed by atoms with Crippen LogP contribution in [-0.2, 0) is 4.79 Å². The zero-order valence-corrected chi connectivity index (χ0v) is 10.1. The number of hydrazine groups is 1. The van der Waals surface area contributed by atoms with Crippen LogP contribution < -0.4 is 5.43 Å². The fraction of sp³-hybridized carbons (Fsp3) is 0.909. The molecule has 1 aliphatic heterocycles. The fourth-order valence-corrected chi connectivity index (χ4v) is 1.61. The van der Waals surface area contributed by atoms with Crippen LogP contribution in [0.1, 0.15) is 34.1 Å². The van der Waals surface area contributed by atoms with Crippen molar-refractivity contribution in [3.8, 4) is 0 Å². The second-order valence-corrected chi connectivity index (χ2v) is 5.54. The summed E-state index contributed by atoms with van der Waals surface area (Å²) in [5, 5.41) is 10.6. The standard InChI is InChI=1S/C11H22N2O2/c1-8(7-14)6-13-10(15)5-9(12-13)11(2,3)4/h8-9,12,14H,5-7H2,1-4H3. The molecular formula is C11H22N2O2. The molecule has 1 amide bonds. The number of aliphatic hydroxyl groups excluding tert-OH is 1. The summed E-state index contributed by atoms with van der Waals surface area (Å²) >= 11 is 0. The SMILES string of the molecule is CC(CO)CN1NC(C(C)(C)C)CC1=O. The van der Waals surface area contributed by atoms with Crippen molar-refractivity contribution in [3.05, 3.63) is 0 Å². The average Bonchev–Trinajstić information content (AvgIpc) is 2.47. The van der Waals surface area contributed by atoms with Crippen LogP contribution in [0.5, 0.6) is 0 Å². The van der Waals surface area contributed by atoms with Gasteiger partial charge < -0.3 is 5.11 Å². The molecule has 2 N–H and O–H groups in total. The van der Waals surface area contributed by atoms with Gasteiger partial charge in [0.2, 0.25) is 5.91 Å². The number of amides is 1. The van der Waals surface area contributed by atoms with Crippen LogP contribution in [0.15, 0.2) is 0 Å². The van der Waals surface area contributed by atoms with Gasteiger partial charge in [0.15, 0.2) is 0 Å². The van der Waals surface area contributed by atoms with Crippen LogP contribution in [-0.4, -0.2) is 35.2 Å². The van der Waals surface area contributed by atoms with E-state index in [9.17, 15) is 4.79 Å². The lowest BCUT2D eigenvalue weighted by Crippen LogP contribution is -2.44. The Balaban J connectivity index is 2.53. The van der Waals surface area contributed by atoms with Gasteiger partial charge in [0.05, 0.1) is 0 Å². The van der Waals surface area contributed by atoms with E-state index in [1.165, 1.54) is 0 Å². The molecule has 0 saturated carbocycles. The van der Waals surface area contributed by atoms with Crippen LogP contribution in [0.2, 0.25) is 0 Å². The van der Waals surface area contributed by atoms with E-state index >= 15 is 0 Å². The molecule has 0 aromatic carbocycles. The first-order valence-electron chi connectivity index (χ1n) is 5.52. The van der Waals surface area contributed by atoms with Crippen molar-refractivity contribution in [2.75, 3.05) is 13.2 Å². The zero-order chi connectivity index (χ0) is 11.6. The maximum absolute atomic E-state index is 11.7. The Morgan fingerprint density at radius 3 is 2.60 bits per heavy atom. The minimum Gasteiger partial charge on any atom is -0.396 e. The summed E-state index contributed by atoms with van der Waals surface area (Å²) in [7, 11) is 0. The lowest BCUT2D eigenvalue weighted by Gasteiger charge is -2.28. The van der Waals surface area contributed by atoms with Crippen LogP contribution >= 0.6 is 0 Å². The monoisotopic (exact) mass is 214 g/mol. The minimum atomic E-state index is 0.0901. The molecule has 1 fully saturated rings. The van der Waals surface area contributed by atoms with Crippen molar-refractivity contribution in [3.63, 3.8) is 0 Å². The molecule has 1 rings (SSSR count). The highest BCUT2D eigenvalue weighted by Crippen LogP contribution is 2.26. The number of hydrogen-bond acceptors (Lipinski definition) is 3. The molecule has 15 heavy (non-hydrogen) atoms. The van der Waals surface area contributed by atoms with Crippen LogP contribution in [0.3, 0.4) is 0 Å². The van der Waals surface area contributed by atoms with Gasteiger partial charge in [-0.25, -0.2) is 5.43 Å². The van der Waals surface area contributed by atoms with Gasteiger partial charge in [0.25, 0.3) is 0 Å². The number of nitrogens with one attached hydrogen (secondary N) is 1. The van der Waals surface area contributed by atoms with Gasteiger partial charge in [-0.2, -0.15) is 0 Å². The Labute approximate surface area is 91.6 Å². The van der Waals surface area contributed by atoms with Crippen molar-refractivity contribution in [1.82, 2.24) is 10.4 Å². The largest absolute Gasteiger partial charge is 0.396 e. The molecule has 88 valence electrons. The topological polar surface area (TPSA) is 52.6 Å². The number of carbonyl (C=O) groups excluding carboxylic acids is 1. The van der Waals surface area contributed by atoms with Crippen molar-refractivity contribution < 1.29 is 9.90 Å². The molecule has 1 heterocycles. The second-order valence-electron chi connectivity index (χ2n) is 5.54. The van der Waals surface area contributed by atoms with E-state index in [1.807, 2.05) is 6.92 Å². The summed E-state index contributed by atoms with van der Waals surface area (Å²) in [5.41, 5.74) is 3.31. The third-order valence-electron chi connectivity index (χ3n) is 2.84. The molecule has 0 aliphatic carbocycles. The maximum Gasteiger partial charge on any atom is 0.238 e. The first-order chi connectivity index (χ1) is 6.84. The first kappa shape index (κ1) is 12.5. The summed E-state index contributed by atoms with van der Waals surface area (Å²) in [4.78, 5) is 11.7. The van der Waals surface area contributed by atoms with Gasteiger partial charge in [0, 0.05) is 25.6 Å². The Kier molecular flexibility index (Phi) is 3.73. The summed E-state index contributed by atoms with van der Waals surface area (Å²) in [6, 6.07) is 0.205. The first-order valence-corrected chi connectivity index (χ1v) is 5.52. The second kappa shape index (κ2) is 4.49. The van der Waals surface area contributed by atoms with E-state index in [0.29, 0.717) is 13.0 Å². The Bertz CT molecular complexity index is 235. The molecule has 2 atom stereocenters. The molecular weight excluding hydrogens is 192 g/mol. The van der Waals surface area contributed by atoms with Gasteiger partial charge in [-0.3, -0.25) is 9.80 Å². The fourth-order valence-electron chi connectivity index (χ4n) is 1.61. The normalized spacial score (nSPS) is 24.7. The molecule has 4 heteroatoms. The highest BCUT2D eigenvalue weighted by Gasteiger charge is 2.36. The molecule has 0 spiro atoms. The Morgan fingerprint density at radius 1 is 1.60 bits per heavy atom. The summed E-state index contributed by atoms with van der Waals surface area (Å²) in [6.45, 7) is 9.00. The number of aliphatic hydroxyl groups is 1. The summed E-state index contributed by atoms with van der Waals surface area (Å²) in [5.74, 6) is 0.260. The average molecular weight is 214 g/mol. The quantitative estimate of drug-likeness (QED) is 0.729.